The number of carboxylic acid groups (broad SMARTS) is 2. The van der Waals surface area contributed by atoms with Crippen molar-refractivity contribution in [3.8, 4) is 0 Å². The van der Waals surface area contributed by atoms with Crippen molar-refractivity contribution >= 4 is 11.9 Å². The van der Waals surface area contributed by atoms with Crippen molar-refractivity contribution in [2.75, 3.05) is 13.1 Å². The maximum absolute atomic E-state index is 10.8. The zero-order valence-corrected chi connectivity index (χ0v) is 16.4. The molecule has 0 aliphatic heterocycles. The Morgan fingerprint density at radius 2 is 1.04 bits per heavy atom. The molecule has 0 heterocycles. The number of carboxylic acids is 2. The highest BCUT2D eigenvalue weighted by atomic mass is 16.4. The van der Waals surface area contributed by atoms with Crippen LogP contribution < -0.4 is 11.5 Å². The van der Waals surface area contributed by atoms with Crippen molar-refractivity contribution in [1.82, 2.24) is 0 Å². The predicted molar refractivity (Wildman–Crippen MR) is 103 cm³/mol. The van der Waals surface area contributed by atoms with E-state index in [-0.39, 0.29) is 23.7 Å². The maximum Gasteiger partial charge on any atom is 0.303 e. The third-order valence-electron chi connectivity index (χ3n) is 8.09. The van der Waals surface area contributed by atoms with Gasteiger partial charge in [-0.25, -0.2) is 0 Å². The average molecular weight is 381 g/mol. The van der Waals surface area contributed by atoms with E-state index in [1.165, 1.54) is 32.1 Å². The second-order valence-corrected chi connectivity index (χ2v) is 9.91. The summed E-state index contributed by atoms with van der Waals surface area (Å²) in [5.74, 6) is 1.77. The van der Waals surface area contributed by atoms with Gasteiger partial charge >= 0.3 is 11.9 Å². The zero-order chi connectivity index (χ0) is 19.7. The van der Waals surface area contributed by atoms with Gasteiger partial charge in [0.2, 0.25) is 0 Å². The van der Waals surface area contributed by atoms with Crippen LogP contribution in [0.3, 0.4) is 0 Å². The van der Waals surface area contributed by atoms with Crippen LogP contribution in [0, 0.1) is 34.5 Å². The van der Waals surface area contributed by atoms with E-state index in [0.29, 0.717) is 13.1 Å². The van der Waals surface area contributed by atoms with Crippen LogP contribution in [0.25, 0.3) is 0 Å². The van der Waals surface area contributed by atoms with Gasteiger partial charge in [0.1, 0.15) is 0 Å². The van der Waals surface area contributed by atoms with Crippen molar-refractivity contribution in [3.63, 3.8) is 0 Å². The molecule has 4 aliphatic carbocycles. The Labute approximate surface area is 162 Å². The second-order valence-electron chi connectivity index (χ2n) is 9.91. The van der Waals surface area contributed by atoms with Gasteiger partial charge in [0.05, 0.1) is 12.8 Å². The van der Waals surface area contributed by atoms with E-state index in [9.17, 15) is 9.59 Å². The van der Waals surface area contributed by atoms with Gasteiger partial charge in [0, 0.05) is 0 Å². The Balaban J connectivity index is 0.000000156. The van der Waals surface area contributed by atoms with Gasteiger partial charge in [0.25, 0.3) is 0 Å². The molecule has 0 saturated heterocycles. The van der Waals surface area contributed by atoms with Crippen LogP contribution in [0.5, 0.6) is 0 Å². The molecule has 4 fully saturated rings. The zero-order valence-electron chi connectivity index (χ0n) is 16.4. The Hall–Kier alpha value is -1.14. The Morgan fingerprint density at radius 3 is 1.30 bits per heavy atom. The third-order valence-corrected chi connectivity index (χ3v) is 8.09. The van der Waals surface area contributed by atoms with Gasteiger partial charge in [-0.1, -0.05) is 19.3 Å². The Morgan fingerprint density at radius 1 is 0.704 bits per heavy atom. The lowest BCUT2D eigenvalue weighted by Crippen LogP contribution is -2.31. The standard InChI is InChI=1S/C11H19NO2.C10H17NO2/c12-7-11(6-10(13)14)4-8-2-1-3-9(8)5-11;11-6-10(5-9(12)13)3-7-1-2-8(7)4-10/h8-9H,1-7,12H2,(H,13,14);7-8H,1-6,11H2,(H,12,13). The lowest BCUT2D eigenvalue weighted by molar-refractivity contribution is -0.140. The molecule has 6 heteroatoms. The second kappa shape index (κ2) is 8.08. The summed E-state index contributed by atoms with van der Waals surface area (Å²) < 4.78 is 0. The topological polar surface area (TPSA) is 127 Å². The molecule has 0 aromatic heterocycles. The molecule has 0 aromatic rings. The molecule has 154 valence electrons. The van der Waals surface area contributed by atoms with E-state index < -0.39 is 11.9 Å². The number of hydrogen-bond acceptors (Lipinski definition) is 4. The molecule has 0 radical (unpaired) electrons. The molecular formula is C21H36N2O4. The number of carbonyl (C=O) groups is 2. The minimum atomic E-state index is -0.688. The summed E-state index contributed by atoms with van der Waals surface area (Å²) in [6, 6.07) is 0. The summed E-state index contributed by atoms with van der Waals surface area (Å²) in [7, 11) is 0. The predicted octanol–water partition coefficient (Wildman–Crippen LogP) is 2.84. The summed E-state index contributed by atoms with van der Waals surface area (Å²) in [4.78, 5) is 21.5. The Kier molecular flexibility index (Phi) is 6.16. The van der Waals surface area contributed by atoms with Crippen molar-refractivity contribution in [2.45, 2.75) is 70.6 Å². The highest BCUT2D eigenvalue weighted by molar-refractivity contribution is 5.68. The Bertz CT molecular complexity index is 540. The molecule has 4 aliphatic rings. The highest BCUT2D eigenvalue weighted by Gasteiger charge is 2.49. The van der Waals surface area contributed by atoms with Crippen molar-refractivity contribution in [1.29, 1.82) is 0 Å². The summed E-state index contributed by atoms with van der Waals surface area (Å²) in [5.41, 5.74) is 11.3. The summed E-state index contributed by atoms with van der Waals surface area (Å²) in [6.45, 7) is 1.10. The number of rotatable bonds is 6. The first-order valence-electron chi connectivity index (χ1n) is 10.6. The van der Waals surface area contributed by atoms with Gasteiger partial charge < -0.3 is 21.7 Å². The fourth-order valence-electron chi connectivity index (χ4n) is 6.63. The molecule has 0 aromatic carbocycles. The number of hydrogen-bond donors (Lipinski definition) is 4. The molecular weight excluding hydrogens is 344 g/mol. The molecule has 4 atom stereocenters. The molecule has 4 saturated carbocycles. The number of fused-ring (bicyclic) bond motifs is 2. The molecule has 6 nitrogen and oxygen atoms in total. The van der Waals surface area contributed by atoms with Gasteiger partial charge in [-0.3, -0.25) is 9.59 Å². The minimum absolute atomic E-state index is 0.0579. The molecule has 0 spiro atoms. The SMILES string of the molecule is NCC1(CC(=O)O)CC2CCC2C1.NCC1(CC(=O)O)CC2CCCC2C1. The van der Waals surface area contributed by atoms with Crippen LogP contribution in [-0.4, -0.2) is 35.2 Å². The lowest BCUT2D eigenvalue weighted by Gasteiger charge is -2.29. The van der Waals surface area contributed by atoms with Crippen LogP contribution in [0.1, 0.15) is 70.6 Å². The first-order valence-corrected chi connectivity index (χ1v) is 10.6. The third kappa shape index (κ3) is 4.48. The van der Waals surface area contributed by atoms with Crippen LogP contribution in [0.15, 0.2) is 0 Å². The van der Waals surface area contributed by atoms with E-state index in [1.54, 1.807) is 0 Å². The smallest absolute Gasteiger partial charge is 0.303 e. The van der Waals surface area contributed by atoms with E-state index in [0.717, 1.165) is 49.4 Å². The summed E-state index contributed by atoms with van der Waals surface area (Å²) in [6.07, 6.45) is 11.3. The van der Waals surface area contributed by atoms with Crippen LogP contribution >= 0.6 is 0 Å². The van der Waals surface area contributed by atoms with Crippen LogP contribution in [-0.2, 0) is 9.59 Å². The average Bonchev–Trinajstić information content (AvgIpc) is 3.21. The largest absolute Gasteiger partial charge is 0.481 e. The maximum atomic E-state index is 10.8. The van der Waals surface area contributed by atoms with Gasteiger partial charge in [-0.2, -0.15) is 0 Å². The molecule has 4 rings (SSSR count). The van der Waals surface area contributed by atoms with Gasteiger partial charge in [-0.15, -0.1) is 0 Å². The summed E-state index contributed by atoms with van der Waals surface area (Å²) in [5, 5.41) is 17.7. The first kappa shape index (κ1) is 20.6. The number of aliphatic carboxylic acids is 2. The van der Waals surface area contributed by atoms with Gasteiger partial charge in [0.15, 0.2) is 0 Å². The fourth-order valence-corrected chi connectivity index (χ4v) is 6.63. The fraction of sp³-hybridized carbons (Fsp3) is 0.905. The van der Waals surface area contributed by atoms with E-state index >= 15 is 0 Å². The van der Waals surface area contributed by atoms with Crippen molar-refractivity contribution in [2.24, 2.45) is 46.0 Å². The van der Waals surface area contributed by atoms with Crippen molar-refractivity contribution < 1.29 is 19.8 Å². The van der Waals surface area contributed by atoms with E-state index in [1.807, 2.05) is 0 Å². The molecule has 4 unspecified atom stereocenters. The quantitative estimate of drug-likeness (QED) is 0.561. The van der Waals surface area contributed by atoms with Crippen molar-refractivity contribution in [3.05, 3.63) is 0 Å². The molecule has 0 bridgehead atoms. The van der Waals surface area contributed by atoms with E-state index in [4.69, 9.17) is 21.7 Å². The monoisotopic (exact) mass is 380 g/mol. The number of nitrogens with two attached hydrogens (primary N) is 2. The summed E-state index contributed by atoms with van der Waals surface area (Å²) >= 11 is 0. The lowest BCUT2D eigenvalue weighted by atomic mass is 9.77. The van der Waals surface area contributed by atoms with E-state index in [2.05, 4.69) is 0 Å². The molecule has 6 N–H and O–H groups in total. The molecule has 0 amide bonds. The van der Waals surface area contributed by atoms with Gasteiger partial charge in [-0.05, 0) is 86.1 Å². The first-order chi connectivity index (χ1) is 12.8. The highest BCUT2D eigenvalue weighted by Crippen LogP contribution is 2.56. The van der Waals surface area contributed by atoms with Crippen LogP contribution in [0.4, 0.5) is 0 Å². The molecule has 27 heavy (non-hydrogen) atoms. The minimum Gasteiger partial charge on any atom is -0.481 e. The van der Waals surface area contributed by atoms with Crippen LogP contribution in [0.2, 0.25) is 0 Å². The normalized spacial score (nSPS) is 41.9.